The van der Waals surface area contributed by atoms with Gasteiger partial charge in [-0.3, -0.25) is 9.78 Å². The Morgan fingerprint density at radius 3 is 3.04 bits per heavy atom. The number of carbonyl (C=O) groups excluding carboxylic acids is 1. The Labute approximate surface area is 148 Å². The lowest BCUT2D eigenvalue weighted by Crippen LogP contribution is -2.55. The quantitative estimate of drug-likeness (QED) is 0.813. The highest BCUT2D eigenvalue weighted by Crippen LogP contribution is 2.36. The summed E-state index contributed by atoms with van der Waals surface area (Å²) in [5, 5.41) is 0. The first-order valence-corrected chi connectivity index (χ1v) is 9.33. The van der Waals surface area contributed by atoms with Crippen LogP contribution in [0.4, 0.5) is 0 Å². The summed E-state index contributed by atoms with van der Waals surface area (Å²) in [6, 6.07) is 4.12. The van der Waals surface area contributed by atoms with Gasteiger partial charge in [0.2, 0.25) is 0 Å². The van der Waals surface area contributed by atoms with Crippen LogP contribution >= 0.6 is 0 Å². The second kappa shape index (κ2) is 7.81. The Morgan fingerprint density at radius 1 is 1.28 bits per heavy atom. The lowest BCUT2D eigenvalue weighted by atomic mass is 10.0. The zero-order chi connectivity index (χ0) is 17.1. The van der Waals surface area contributed by atoms with Crippen molar-refractivity contribution in [3.05, 3.63) is 30.1 Å². The molecule has 6 heteroatoms. The zero-order valence-electron chi connectivity index (χ0n) is 14.5. The molecule has 4 atom stereocenters. The maximum Gasteiger partial charge on any atom is 0.252 e. The fraction of sp³-hybridized carbons (Fsp3) is 0.684. The molecule has 1 amide bonds. The number of carbonyl (C=O) groups is 1. The molecule has 0 radical (unpaired) electrons. The summed E-state index contributed by atoms with van der Waals surface area (Å²) in [7, 11) is 0. The number of fused-ring (bicyclic) bond motifs is 1. The monoisotopic (exact) mass is 346 g/mol. The molecule has 3 fully saturated rings. The topological polar surface area (TPSA) is 60.9 Å². The molecule has 3 heterocycles. The van der Waals surface area contributed by atoms with E-state index in [-0.39, 0.29) is 24.2 Å². The minimum absolute atomic E-state index is 0.0907. The Morgan fingerprint density at radius 2 is 2.24 bits per heavy atom. The van der Waals surface area contributed by atoms with Crippen LogP contribution in [0.25, 0.3) is 0 Å². The number of morpholine rings is 1. The third-order valence-corrected chi connectivity index (χ3v) is 5.53. The number of hydrogen-bond acceptors (Lipinski definition) is 5. The van der Waals surface area contributed by atoms with Gasteiger partial charge in [-0.15, -0.1) is 0 Å². The summed E-state index contributed by atoms with van der Waals surface area (Å²) in [6.07, 6.45) is 7.32. The minimum Gasteiger partial charge on any atom is -0.376 e. The largest absolute Gasteiger partial charge is 0.376 e. The van der Waals surface area contributed by atoms with E-state index < -0.39 is 0 Å². The van der Waals surface area contributed by atoms with Crippen molar-refractivity contribution in [2.45, 2.75) is 50.5 Å². The standard InChI is InChI=1S/C19H26N2O4/c22-19(17-4-2-9-24-17)21-8-10-25-18-15(5-6-16(18)21)13-23-12-14-3-1-7-20-11-14/h1,3,7,11,15-18H,2,4-6,8-10,12-13H2/t15?,16-,17?,18-/m0/s1. The second-order valence-electron chi connectivity index (χ2n) is 7.15. The predicted molar refractivity (Wildman–Crippen MR) is 90.8 cm³/mol. The van der Waals surface area contributed by atoms with Crippen LogP contribution < -0.4 is 0 Å². The highest BCUT2D eigenvalue weighted by molar-refractivity contribution is 5.81. The van der Waals surface area contributed by atoms with E-state index in [4.69, 9.17) is 14.2 Å². The molecule has 1 aromatic heterocycles. The van der Waals surface area contributed by atoms with Gasteiger partial charge < -0.3 is 19.1 Å². The summed E-state index contributed by atoms with van der Waals surface area (Å²) in [5.41, 5.74) is 1.08. The van der Waals surface area contributed by atoms with Crippen molar-refractivity contribution in [2.75, 3.05) is 26.4 Å². The van der Waals surface area contributed by atoms with Gasteiger partial charge in [-0.1, -0.05) is 6.07 Å². The predicted octanol–water partition coefficient (Wildman–Crippen LogP) is 1.78. The van der Waals surface area contributed by atoms with Gasteiger partial charge in [-0.2, -0.15) is 0 Å². The second-order valence-corrected chi connectivity index (χ2v) is 7.15. The molecular weight excluding hydrogens is 320 g/mol. The maximum atomic E-state index is 12.8. The molecule has 136 valence electrons. The average molecular weight is 346 g/mol. The van der Waals surface area contributed by atoms with Crippen LogP contribution in [0.15, 0.2) is 24.5 Å². The Hall–Kier alpha value is -1.50. The molecule has 2 aliphatic heterocycles. The number of ether oxygens (including phenoxy) is 3. The molecule has 6 nitrogen and oxygen atoms in total. The lowest BCUT2D eigenvalue weighted by Gasteiger charge is -2.40. The van der Waals surface area contributed by atoms with Crippen molar-refractivity contribution in [1.82, 2.24) is 9.88 Å². The molecule has 0 aromatic carbocycles. The van der Waals surface area contributed by atoms with Gasteiger partial charge in [-0.05, 0) is 37.3 Å². The van der Waals surface area contributed by atoms with Crippen molar-refractivity contribution in [3.8, 4) is 0 Å². The average Bonchev–Trinajstić information content (AvgIpc) is 3.32. The third kappa shape index (κ3) is 3.71. The van der Waals surface area contributed by atoms with Crippen LogP contribution in [0.1, 0.15) is 31.2 Å². The van der Waals surface area contributed by atoms with E-state index in [2.05, 4.69) is 4.98 Å². The summed E-state index contributed by atoms with van der Waals surface area (Å²) in [4.78, 5) is 18.9. The first-order valence-electron chi connectivity index (χ1n) is 9.33. The van der Waals surface area contributed by atoms with Gasteiger partial charge in [0.1, 0.15) is 6.10 Å². The normalized spacial score (nSPS) is 31.9. The molecule has 2 unspecified atom stereocenters. The Bertz CT molecular complexity index is 576. The molecule has 1 saturated carbocycles. The summed E-state index contributed by atoms with van der Waals surface area (Å²) >= 11 is 0. The van der Waals surface area contributed by atoms with Crippen LogP contribution in [-0.4, -0.2) is 60.4 Å². The fourth-order valence-corrected chi connectivity index (χ4v) is 4.28. The summed E-state index contributed by atoms with van der Waals surface area (Å²) < 4.78 is 17.5. The number of pyridine rings is 1. The van der Waals surface area contributed by atoms with Crippen LogP contribution in [-0.2, 0) is 25.6 Å². The summed E-state index contributed by atoms with van der Waals surface area (Å²) in [5.74, 6) is 0.509. The van der Waals surface area contributed by atoms with E-state index in [1.54, 1.807) is 6.20 Å². The van der Waals surface area contributed by atoms with Gasteiger partial charge >= 0.3 is 0 Å². The number of rotatable bonds is 5. The van der Waals surface area contributed by atoms with Crippen molar-refractivity contribution < 1.29 is 19.0 Å². The number of aromatic nitrogens is 1. The van der Waals surface area contributed by atoms with Crippen LogP contribution in [0, 0.1) is 5.92 Å². The molecule has 0 bridgehead atoms. The van der Waals surface area contributed by atoms with E-state index in [0.29, 0.717) is 38.9 Å². The van der Waals surface area contributed by atoms with Crippen molar-refractivity contribution in [1.29, 1.82) is 0 Å². The Kier molecular flexibility index (Phi) is 5.29. The number of nitrogens with zero attached hydrogens (tertiary/aromatic N) is 2. The van der Waals surface area contributed by atoms with Crippen LogP contribution in [0.3, 0.4) is 0 Å². The van der Waals surface area contributed by atoms with E-state index in [0.717, 1.165) is 31.2 Å². The van der Waals surface area contributed by atoms with Gasteiger partial charge in [-0.25, -0.2) is 0 Å². The van der Waals surface area contributed by atoms with Gasteiger partial charge in [0.15, 0.2) is 0 Å². The molecular formula is C19H26N2O4. The third-order valence-electron chi connectivity index (χ3n) is 5.53. The van der Waals surface area contributed by atoms with E-state index in [1.807, 2.05) is 23.2 Å². The minimum atomic E-state index is -0.236. The zero-order valence-corrected chi connectivity index (χ0v) is 14.5. The van der Waals surface area contributed by atoms with Crippen LogP contribution in [0.5, 0.6) is 0 Å². The smallest absolute Gasteiger partial charge is 0.252 e. The fourth-order valence-electron chi connectivity index (χ4n) is 4.28. The highest BCUT2D eigenvalue weighted by atomic mass is 16.5. The molecule has 25 heavy (non-hydrogen) atoms. The molecule has 0 spiro atoms. The Balaban J connectivity index is 1.32. The first-order chi connectivity index (χ1) is 12.3. The van der Waals surface area contributed by atoms with Crippen LogP contribution in [0.2, 0.25) is 0 Å². The van der Waals surface area contributed by atoms with Crippen molar-refractivity contribution >= 4 is 5.91 Å². The van der Waals surface area contributed by atoms with Gasteiger partial charge in [0.25, 0.3) is 5.91 Å². The molecule has 1 aliphatic carbocycles. The molecule has 2 saturated heterocycles. The molecule has 3 aliphatic rings. The molecule has 4 rings (SSSR count). The molecule has 0 N–H and O–H groups in total. The van der Waals surface area contributed by atoms with E-state index >= 15 is 0 Å². The summed E-state index contributed by atoms with van der Waals surface area (Å²) in [6.45, 7) is 3.24. The number of hydrogen-bond donors (Lipinski definition) is 0. The maximum absolute atomic E-state index is 12.8. The van der Waals surface area contributed by atoms with E-state index in [1.165, 1.54) is 0 Å². The van der Waals surface area contributed by atoms with Crippen molar-refractivity contribution in [3.63, 3.8) is 0 Å². The highest BCUT2D eigenvalue weighted by Gasteiger charge is 2.45. The van der Waals surface area contributed by atoms with Gasteiger partial charge in [0.05, 0.1) is 32.0 Å². The number of amides is 1. The lowest BCUT2D eigenvalue weighted by molar-refractivity contribution is -0.156. The first kappa shape index (κ1) is 16.9. The van der Waals surface area contributed by atoms with Gasteiger partial charge in [0, 0.05) is 31.5 Å². The van der Waals surface area contributed by atoms with E-state index in [9.17, 15) is 4.79 Å². The van der Waals surface area contributed by atoms with Crippen molar-refractivity contribution in [2.24, 2.45) is 5.92 Å². The SMILES string of the molecule is O=C(C1CCCO1)N1CCO[C@H]2C(COCc3cccnc3)CC[C@@H]21. The molecule has 1 aromatic rings.